The van der Waals surface area contributed by atoms with E-state index in [-0.39, 0.29) is 5.56 Å². The molecule has 0 aliphatic heterocycles. The number of hydrogen-bond acceptors (Lipinski definition) is 2. The number of nitrogens with one attached hydrogen (secondary N) is 1. The molecule has 2 rings (SSSR count). The van der Waals surface area contributed by atoms with Gasteiger partial charge in [0.25, 0.3) is 0 Å². The van der Waals surface area contributed by atoms with Gasteiger partial charge in [-0.1, -0.05) is 13.0 Å². The van der Waals surface area contributed by atoms with Crippen molar-refractivity contribution in [1.29, 1.82) is 0 Å². The Bertz CT molecular complexity index is 517. The van der Waals surface area contributed by atoms with Crippen molar-refractivity contribution in [3.05, 3.63) is 53.6 Å². The average molecular weight is 251 g/mol. The normalized spacial score (nSPS) is 12.7. The summed E-state index contributed by atoms with van der Waals surface area (Å²) in [6.45, 7) is 2.49. The zero-order valence-electron chi connectivity index (χ0n) is 10.3. The SMILES string of the molecule is CCNC(c1c(F)cccc1F)c1cncn1C. The van der Waals surface area contributed by atoms with Gasteiger partial charge in [-0.15, -0.1) is 0 Å². The molecule has 0 spiro atoms. The Morgan fingerprint density at radius 2 is 2.00 bits per heavy atom. The van der Waals surface area contributed by atoms with Crippen LogP contribution in [-0.4, -0.2) is 16.1 Å². The van der Waals surface area contributed by atoms with E-state index < -0.39 is 17.7 Å². The van der Waals surface area contributed by atoms with Gasteiger partial charge in [-0.25, -0.2) is 13.8 Å². The van der Waals surface area contributed by atoms with Crippen LogP contribution < -0.4 is 5.32 Å². The Morgan fingerprint density at radius 1 is 1.33 bits per heavy atom. The van der Waals surface area contributed by atoms with Crippen LogP contribution >= 0.6 is 0 Å². The third-order valence-electron chi connectivity index (χ3n) is 2.85. The number of aryl methyl sites for hydroxylation is 1. The number of imidazole rings is 1. The van der Waals surface area contributed by atoms with Gasteiger partial charge < -0.3 is 9.88 Å². The molecule has 0 aliphatic carbocycles. The van der Waals surface area contributed by atoms with E-state index in [0.717, 1.165) is 5.69 Å². The molecule has 3 nitrogen and oxygen atoms in total. The maximum Gasteiger partial charge on any atom is 0.131 e. The van der Waals surface area contributed by atoms with Crippen molar-refractivity contribution in [1.82, 2.24) is 14.9 Å². The Balaban J connectivity index is 2.52. The Hall–Kier alpha value is -1.75. The Labute approximate surface area is 104 Å². The molecule has 1 aromatic heterocycles. The van der Waals surface area contributed by atoms with E-state index in [1.807, 2.05) is 6.92 Å². The highest BCUT2D eigenvalue weighted by Crippen LogP contribution is 2.26. The predicted molar refractivity (Wildman–Crippen MR) is 65.1 cm³/mol. The van der Waals surface area contributed by atoms with Crippen molar-refractivity contribution in [3.63, 3.8) is 0 Å². The van der Waals surface area contributed by atoms with Gasteiger partial charge in [-0.2, -0.15) is 0 Å². The molecule has 1 atom stereocenters. The van der Waals surface area contributed by atoms with E-state index in [2.05, 4.69) is 10.3 Å². The number of aromatic nitrogens is 2. The molecule has 0 amide bonds. The van der Waals surface area contributed by atoms with Crippen LogP contribution in [0.2, 0.25) is 0 Å². The first-order chi connectivity index (χ1) is 8.65. The van der Waals surface area contributed by atoms with Crippen LogP contribution in [0.1, 0.15) is 24.2 Å². The zero-order valence-corrected chi connectivity index (χ0v) is 10.3. The lowest BCUT2D eigenvalue weighted by molar-refractivity contribution is 0.498. The van der Waals surface area contributed by atoms with Crippen LogP contribution in [0.4, 0.5) is 8.78 Å². The van der Waals surface area contributed by atoms with E-state index in [0.29, 0.717) is 6.54 Å². The van der Waals surface area contributed by atoms with Crippen LogP contribution in [0.3, 0.4) is 0 Å². The molecule has 18 heavy (non-hydrogen) atoms. The maximum atomic E-state index is 13.8. The van der Waals surface area contributed by atoms with Crippen molar-refractivity contribution in [3.8, 4) is 0 Å². The molecule has 1 aromatic carbocycles. The molecule has 0 radical (unpaired) electrons. The topological polar surface area (TPSA) is 29.9 Å². The summed E-state index contributed by atoms with van der Waals surface area (Å²) in [5.41, 5.74) is 0.754. The summed E-state index contributed by atoms with van der Waals surface area (Å²) >= 11 is 0. The summed E-state index contributed by atoms with van der Waals surface area (Å²) < 4.78 is 29.4. The lowest BCUT2D eigenvalue weighted by Gasteiger charge is -2.20. The van der Waals surface area contributed by atoms with Gasteiger partial charge in [-0.3, -0.25) is 0 Å². The summed E-state index contributed by atoms with van der Waals surface area (Å²) in [5, 5.41) is 3.08. The number of rotatable bonds is 4. The first kappa shape index (κ1) is 12.7. The number of benzene rings is 1. The molecule has 0 fully saturated rings. The van der Waals surface area contributed by atoms with Gasteiger partial charge in [0, 0.05) is 12.6 Å². The van der Waals surface area contributed by atoms with E-state index in [9.17, 15) is 8.78 Å². The molecule has 96 valence electrons. The smallest absolute Gasteiger partial charge is 0.131 e. The maximum absolute atomic E-state index is 13.8. The highest BCUT2D eigenvalue weighted by molar-refractivity contribution is 5.30. The summed E-state index contributed by atoms with van der Waals surface area (Å²) in [7, 11) is 1.80. The highest BCUT2D eigenvalue weighted by atomic mass is 19.1. The Kier molecular flexibility index (Phi) is 3.72. The zero-order chi connectivity index (χ0) is 13.1. The molecule has 5 heteroatoms. The second-order valence-corrected chi connectivity index (χ2v) is 4.06. The van der Waals surface area contributed by atoms with E-state index in [4.69, 9.17) is 0 Å². The van der Waals surface area contributed by atoms with Crippen molar-refractivity contribution >= 4 is 0 Å². The third-order valence-corrected chi connectivity index (χ3v) is 2.85. The van der Waals surface area contributed by atoms with Crippen molar-refractivity contribution in [2.45, 2.75) is 13.0 Å². The fraction of sp³-hybridized carbons (Fsp3) is 0.308. The molecule has 0 saturated carbocycles. The molecule has 1 N–H and O–H groups in total. The monoisotopic (exact) mass is 251 g/mol. The molecule has 0 saturated heterocycles. The van der Waals surface area contributed by atoms with Crippen molar-refractivity contribution in [2.75, 3.05) is 6.54 Å². The number of nitrogens with zero attached hydrogens (tertiary/aromatic N) is 2. The van der Waals surface area contributed by atoms with Crippen LogP contribution in [0.15, 0.2) is 30.7 Å². The molecule has 1 unspecified atom stereocenters. The first-order valence-electron chi connectivity index (χ1n) is 5.78. The van der Waals surface area contributed by atoms with Gasteiger partial charge in [-0.05, 0) is 18.7 Å². The largest absolute Gasteiger partial charge is 0.336 e. The van der Waals surface area contributed by atoms with E-state index >= 15 is 0 Å². The van der Waals surface area contributed by atoms with Gasteiger partial charge >= 0.3 is 0 Å². The summed E-state index contributed by atoms with van der Waals surface area (Å²) in [4.78, 5) is 3.99. The quantitative estimate of drug-likeness (QED) is 0.904. The molecular weight excluding hydrogens is 236 g/mol. The van der Waals surface area contributed by atoms with Gasteiger partial charge in [0.1, 0.15) is 11.6 Å². The van der Waals surface area contributed by atoms with Crippen LogP contribution in [0, 0.1) is 11.6 Å². The standard InChI is InChI=1S/C13H15F2N3/c1-3-17-13(11-7-16-8-18(11)2)12-9(14)5-4-6-10(12)15/h4-8,13,17H,3H2,1-2H3. The predicted octanol–water partition coefficient (Wildman–Crippen LogP) is 2.40. The van der Waals surface area contributed by atoms with Gasteiger partial charge in [0.2, 0.25) is 0 Å². The van der Waals surface area contributed by atoms with Crippen LogP contribution in [0.5, 0.6) is 0 Å². The van der Waals surface area contributed by atoms with Crippen LogP contribution in [0.25, 0.3) is 0 Å². The minimum atomic E-state index is -0.554. The fourth-order valence-corrected chi connectivity index (χ4v) is 1.99. The average Bonchev–Trinajstić information content (AvgIpc) is 2.74. The lowest BCUT2D eigenvalue weighted by atomic mass is 10.0. The first-order valence-corrected chi connectivity index (χ1v) is 5.78. The Morgan fingerprint density at radius 3 is 2.50 bits per heavy atom. The molecule has 2 aromatic rings. The lowest BCUT2D eigenvalue weighted by Crippen LogP contribution is -2.25. The second kappa shape index (κ2) is 5.27. The minimum absolute atomic E-state index is 0.0305. The minimum Gasteiger partial charge on any atom is -0.336 e. The fourth-order valence-electron chi connectivity index (χ4n) is 1.99. The number of halogens is 2. The molecular formula is C13H15F2N3. The van der Waals surface area contributed by atoms with Crippen molar-refractivity contribution in [2.24, 2.45) is 7.05 Å². The molecule has 0 aliphatic rings. The third kappa shape index (κ3) is 2.26. The molecule has 1 heterocycles. The summed E-state index contributed by atoms with van der Waals surface area (Å²) in [5.74, 6) is -1.11. The molecule has 0 bridgehead atoms. The van der Waals surface area contributed by atoms with Crippen LogP contribution in [-0.2, 0) is 7.05 Å². The number of hydrogen-bond donors (Lipinski definition) is 1. The van der Waals surface area contributed by atoms with E-state index in [1.54, 1.807) is 24.1 Å². The van der Waals surface area contributed by atoms with E-state index in [1.165, 1.54) is 18.2 Å². The van der Waals surface area contributed by atoms with Gasteiger partial charge in [0.05, 0.1) is 24.3 Å². The van der Waals surface area contributed by atoms with Gasteiger partial charge in [0.15, 0.2) is 0 Å². The highest BCUT2D eigenvalue weighted by Gasteiger charge is 2.23. The van der Waals surface area contributed by atoms with Crippen molar-refractivity contribution < 1.29 is 8.78 Å². The summed E-state index contributed by atoms with van der Waals surface area (Å²) in [6, 6.07) is 3.35. The second-order valence-electron chi connectivity index (χ2n) is 4.06. The summed E-state index contributed by atoms with van der Waals surface area (Å²) in [6.07, 6.45) is 3.22.